The van der Waals surface area contributed by atoms with E-state index in [1.54, 1.807) is 17.5 Å². The molecule has 5 heteroatoms. The maximum Gasteiger partial charge on any atom is 0.273 e. The lowest BCUT2D eigenvalue weighted by Crippen LogP contribution is -2.18. The first kappa shape index (κ1) is 12.6. The van der Waals surface area contributed by atoms with E-state index in [9.17, 15) is 4.79 Å². The molecule has 4 nitrogen and oxygen atoms in total. The monoisotopic (exact) mass is 283 g/mol. The number of rotatable bonds is 3. The highest BCUT2D eigenvalue weighted by molar-refractivity contribution is 7.12. The summed E-state index contributed by atoms with van der Waals surface area (Å²) in [7, 11) is 0. The second-order valence-corrected chi connectivity index (χ2v) is 5.31. The quantitative estimate of drug-likeness (QED) is 0.562. The zero-order valence-corrected chi connectivity index (χ0v) is 11.7. The van der Waals surface area contributed by atoms with E-state index in [0.717, 1.165) is 21.5 Å². The van der Waals surface area contributed by atoms with E-state index in [1.807, 2.05) is 48.7 Å². The molecule has 2 aromatic heterocycles. The zero-order chi connectivity index (χ0) is 13.9. The number of amides is 1. The number of para-hydroxylation sites is 1. The van der Waals surface area contributed by atoms with Gasteiger partial charge in [-0.25, -0.2) is 5.43 Å². The fourth-order valence-electron chi connectivity index (χ4n) is 1.99. The molecular weight excluding hydrogens is 270 g/mol. The van der Waals surface area contributed by atoms with Crippen LogP contribution in [0.1, 0.15) is 22.2 Å². The van der Waals surface area contributed by atoms with Gasteiger partial charge in [-0.1, -0.05) is 24.3 Å². The first-order valence-corrected chi connectivity index (χ1v) is 7.08. The lowest BCUT2D eigenvalue weighted by molar-refractivity contribution is 0.0956. The number of hydrazone groups is 1. The van der Waals surface area contributed by atoms with Crippen molar-refractivity contribution in [1.82, 2.24) is 10.4 Å². The second-order valence-electron chi connectivity index (χ2n) is 4.36. The number of fused-ring (bicyclic) bond motifs is 1. The van der Waals surface area contributed by atoms with Crippen LogP contribution in [0.3, 0.4) is 0 Å². The van der Waals surface area contributed by atoms with Gasteiger partial charge in [0.25, 0.3) is 5.91 Å². The summed E-state index contributed by atoms with van der Waals surface area (Å²) in [6.07, 6.45) is 1.70. The van der Waals surface area contributed by atoms with Gasteiger partial charge >= 0.3 is 0 Å². The second kappa shape index (κ2) is 5.30. The van der Waals surface area contributed by atoms with E-state index >= 15 is 0 Å². The molecule has 20 heavy (non-hydrogen) atoms. The van der Waals surface area contributed by atoms with Crippen molar-refractivity contribution in [3.05, 3.63) is 58.4 Å². The third-order valence-electron chi connectivity index (χ3n) is 3.04. The molecule has 2 N–H and O–H groups in total. The van der Waals surface area contributed by atoms with Gasteiger partial charge in [-0.15, -0.1) is 11.3 Å². The molecule has 0 aliphatic carbocycles. The van der Waals surface area contributed by atoms with Gasteiger partial charge < -0.3 is 4.98 Å². The fraction of sp³-hybridized carbons (Fsp3) is 0.0667. The predicted octanol–water partition coefficient (Wildman–Crippen LogP) is 3.38. The molecule has 3 aromatic rings. The highest BCUT2D eigenvalue weighted by atomic mass is 32.1. The molecular formula is C15H13N3OS. The summed E-state index contributed by atoms with van der Waals surface area (Å²) in [6, 6.07) is 11.6. The van der Waals surface area contributed by atoms with E-state index in [4.69, 9.17) is 0 Å². The van der Waals surface area contributed by atoms with Crippen molar-refractivity contribution in [2.45, 2.75) is 6.92 Å². The number of aromatic amines is 1. The summed E-state index contributed by atoms with van der Waals surface area (Å²) < 4.78 is 0. The van der Waals surface area contributed by atoms with Gasteiger partial charge in [-0.05, 0) is 24.4 Å². The van der Waals surface area contributed by atoms with Gasteiger partial charge in [0, 0.05) is 22.0 Å². The van der Waals surface area contributed by atoms with Crippen molar-refractivity contribution in [2.75, 3.05) is 0 Å². The van der Waals surface area contributed by atoms with Crippen molar-refractivity contribution in [2.24, 2.45) is 5.10 Å². The number of aromatic nitrogens is 1. The third-order valence-corrected chi connectivity index (χ3v) is 4.02. The zero-order valence-electron chi connectivity index (χ0n) is 10.9. The largest absolute Gasteiger partial charge is 0.360 e. The molecule has 0 bridgehead atoms. The molecule has 0 fully saturated rings. The molecule has 100 valence electrons. The Bertz CT molecular complexity index is 771. The number of nitrogens with zero attached hydrogens (tertiary/aromatic N) is 1. The standard InChI is InChI=1S/C15H13N3OS/c1-10(14-7-4-8-20-14)17-18-15(19)12-9-16-13-6-3-2-5-11(12)13/h2-9,16H,1H3,(H,18,19)/b17-10+. The summed E-state index contributed by atoms with van der Waals surface area (Å²) in [4.78, 5) is 16.3. The minimum Gasteiger partial charge on any atom is -0.360 e. The Morgan fingerprint density at radius 3 is 2.90 bits per heavy atom. The lowest BCUT2D eigenvalue weighted by atomic mass is 10.2. The van der Waals surface area contributed by atoms with Crippen LogP contribution >= 0.6 is 11.3 Å². The summed E-state index contributed by atoms with van der Waals surface area (Å²) in [6.45, 7) is 1.88. The van der Waals surface area contributed by atoms with Crippen molar-refractivity contribution in [3.63, 3.8) is 0 Å². The van der Waals surface area contributed by atoms with Gasteiger partial charge in [0.15, 0.2) is 0 Å². The van der Waals surface area contributed by atoms with Crippen LogP contribution in [0, 0.1) is 0 Å². The Morgan fingerprint density at radius 1 is 1.25 bits per heavy atom. The molecule has 0 saturated heterocycles. The van der Waals surface area contributed by atoms with E-state index in [2.05, 4.69) is 15.5 Å². The van der Waals surface area contributed by atoms with Crippen LogP contribution in [0.4, 0.5) is 0 Å². The highest BCUT2D eigenvalue weighted by Gasteiger charge is 2.11. The number of benzene rings is 1. The van der Waals surface area contributed by atoms with Crippen molar-refractivity contribution in [3.8, 4) is 0 Å². The Hall–Kier alpha value is -2.40. The fourth-order valence-corrected chi connectivity index (χ4v) is 2.67. The molecule has 0 saturated carbocycles. The first-order chi connectivity index (χ1) is 9.75. The maximum absolute atomic E-state index is 12.2. The van der Waals surface area contributed by atoms with Crippen LogP contribution in [-0.4, -0.2) is 16.6 Å². The molecule has 0 atom stereocenters. The van der Waals surface area contributed by atoms with Gasteiger partial charge in [0.05, 0.1) is 11.3 Å². The number of carbonyl (C=O) groups is 1. The van der Waals surface area contributed by atoms with E-state index in [-0.39, 0.29) is 5.91 Å². The van der Waals surface area contributed by atoms with E-state index in [0.29, 0.717) is 5.56 Å². The first-order valence-electron chi connectivity index (χ1n) is 6.20. The van der Waals surface area contributed by atoms with E-state index in [1.165, 1.54) is 0 Å². The molecule has 0 aliphatic rings. The van der Waals surface area contributed by atoms with Crippen molar-refractivity contribution in [1.29, 1.82) is 0 Å². The van der Waals surface area contributed by atoms with Gasteiger partial charge in [-0.2, -0.15) is 5.10 Å². The smallest absolute Gasteiger partial charge is 0.273 e. The minimum atomic E-state index is -0.210. The van der Waals surface area contributed by atoms with Crippen molar-refractivity contribution >= 4 is 33.9 Å². The van der Waals surface area contributed by atoms with Crippen LogP contribution in [0.15, 0.2) is 53.1 Å². The molecule has 1 amide bonds. The number of thiophene rings is 1. The number of H-pyrrole nitrogens is 1. The third kappa shape index (κ3) is 2.35. The van der Waals surface area contributed by atoms with Crippen LogP contribution in [0.5, 0.6) is 0 Å². The van der Waals surface area contributed by atoms with Gasteiger partial charge in [-0.3, -0.25) is 4.79 Å². The van der Waals surface area contributed by atoms with Crippen LogP contribution in [0.2, 0.25) is 0 Å². The Balaban J connectivity index is 1.82. The van der Waals surface area contributed by atoms with E-state index < -0.39 is 0 Å². The van der Waals surface area contributed by atoms with Crippen LogP contribution in [0.25, 0.3) is 10.9 Å². The molecule has 0 spiro atoms. The minimum absolute atomic E-state index is 0.210. The lowest BCUT2D eigenvalue weighted by Gasteiger charge is -2.00. The predicted molar refractivity (Wildman–Crippen MR) is 82.3 cm³/mol. The normalized spacial score (nSPS) is 11.8. The average Bonchev–Trinajstić information content (AvgIpc) is 3.13. The summed E-state index contributed by atoms with van der Waals surface area (Å²) in [5.41, 5.74) is 4.94. The Labute approximate surface area is 120 Å². The SMILES string of the molecule is C/C(=N\NC(=O)c1c[nH]c2ccccc12)c1cccs1. The maximum atomic E-state index is 12.2. The number of hydrogen-bond acceptors (Lipinski definition) is 3. The highest BCUT2D eigenvalue weighted by Crippen LogP contribution is 2.17. The molecule has 3 rings (SSSR count). The number of carbonyl (C=O) groups excluding carboxylic acids is 1. The number of nitrogens with one attached hydrogen (secondary N) is 2. The number of hydrogen-bond donors (Lipinski definition) is 2. The molecule has 2 heterocycles. The van der Waals surface area contributed by atoms with Gasteiger partial charge in [0.1, 0.15) is 0 Å². The average molecular weight is 283 g/mol. The Kier molecular flexibility index (Phi) is 3.35. The topological polar surface area (TPSA) is 57.2 Å². The van der Waals surface area contributed by atoms with Crippen LogP contribution in [-0.2, 0) is 0 Å². The van der Waals surface area contributed by atoms with Crippen molar-refractivity contribution < 1.29 is 4.79 Å². The van der Waals surface area contributed by atoms with Crippen LogP contribution < -0.4 is 5.43 Å². The summed E-state index contributed by atoms with van der Waals surface area (Å²) >= 11 is 1.59. The summed E-state index contributed by atoms with van der Waals surface area (Å²) in [5.74, 6) is -0.210. The van der Waals surface area contributed by atoms with Gasteiger partial charge in [0.2, 0.25) is 0 Å². The Morgan fingerprint density at radius 2 is 2.10 bits per heavy atom. The summed E-state index contributed by atoms with van der Waals surface area (Å²) in [5, 5.41) is 7.02. The molecule has 0 radical (unpaired) electrons. The molecule has 0 unspecified atom stereocenters. The molecule has 0 aliphatic heterocycles. The molecule has 1 aromatic carbocycles.